The molecule has 30 heavy (non-hydrogen) atoms. The molecule has 150 valence electrons. The van der Waals surface area contributed by atoms with Crippen molar-refractivity contribution in [2.45, 2.75) is 32.4 Å². The van der Waals surface area contributed by atoms with Crippen LogP contribution in [0.25, 0.3) is 5.69 Å². The number of imidazole rings is 1. The average Bonchev–Trinajstić information content (AvgIpc) is 3.40. The van der Waals surface area contributed by atoms with Crippen molar-refractivity contribution in [2.24, 2.45) is 0 Å². The number of nitrogens with one attached hydrogen (secondary N) is 1. The molecule has 1 N–H and O–H groups in total. The fraction of sp³-hybridized carbons (Fsp3) is 0.217. The third-order valence-electron chi connectivity index (χ3n) is 5.57. The number of aryl methyl sites for hydroxylation is 2. The molecule has 0 saturated carbocycles. The van der Waals surface area contributed by atoms with Crippen LogP contribution in [0.5, 0.6) is 0 Å². The molecular formula is C23H22N6O. The molecule has 2 aromatic heterocycles. The van der Waals surface area contributed by atoms with Gasteiger partial charge in [0.05, 0.1) is 12.6 Å². The Labute approximate surface area is 174 Å². The van der Waals surface area contributed by atoms with E-state index in [1.807, 2.05) is 30.5 Å². The lowest BCUT2D eigenvalue weighted by atomic mass is 10.1. The Morgan fingerprint density at radius 2 is 1.97 bits per heavy atom. The van der Waals surface area contributed by atoms with E-state index < -0.39 is 0 Å². The fourth-order valence-corrected chi connectivity index (χ4v) is 3.96. The SMILES string of the molecule is Cc1ccccc1Cn1cnc(C(=O)NC2CCc3ccccc3-n3ccnc32)n1. The van der Waals surface area contributed by atoms with Crippen molar-refractivity contribution in [2.75, 3.05) is 0 Å². The Bertz CT molecular complexity index is 1210. The summed E-state index contributed by atoms with van der Waals surface area (Å²) < 4.78 is 3.75. The highest BCUT2D eigenvalue weighted by Crippen LogP contribution is 2.28. The number of para-hydroxylation sites is 1. The Balaban J connectivity index is 1.34. The average molecular weight is 398 g/mol. The summed E-state index contributed by atoms with van der Waals surface area (Å²) in [5.41, 5.74) is 4.69. The molecule has 1 amide bonds. The first kappa shape index (κ1) is 18.3. The van der Waals surface area contributed by atoms with Crippen molar-refractivity contribution in [3.05, 3.63) is 95.6 Å². The second-order valence-corrected chi connectivity index (χ2v) is 7.54. The Kier molecular flexibility index (Phi) is 4.63. The van der Waals surface area contributed by atoms with Gasteiger partial charge in [0.15, 0.2) is 0 Å². The highest BCUT2D eigenvalue weighted by atomic mass is 16.2. The molecule has 3 heterocycles. The first-order valence-corrected chi connectivity index (χ1v) is 10.1. The number of amides is 1. The van der Waals surface area contributed by atoms with Crippen LogP contribution in [0.1, 0.15) is 45.6 Å². The summed E-state index contributed by atoms with van der Waals surface area (Å²) in [5.74, 6) is 0.708. The van der Waals surface area contributed by atoms with Gasteiger partial charge < -0.3 is 9.88 Å². The third-order valence-corrected chi connectivity index (χ3v) is 5.57. The topological polar surface area (TPSA) is 77.6 Å². The predicted molar refractivity (Wildman–Crippen MR) is 112 cm³/mol. The molecule has 0 aliphatic carbocycles. The zero-order valence-electron chi connectivity index (χ0n) is 16.7. The van der Waals surface area contributed by atoms with Crippen LogP contribution in [0.2, 0.25) is 0 Å². The molecule has 1 aliphatic heterocycles. The van der Waals surface area contributed by atoms with Crippen LogP contribution in [0, 0.1) is 6.92 Å². The maximum atomic E-state index is 12.9. The molecule has 0 fully saturated rings. The minimum atomic E-state index is -0.288. The molecule has 1 aliphatic rings. The van der Waals surface area contributed by atoms with E-state index in [0.29, 0.717) is 6.54 Å². The van der Waals surface area contributed by atoms with Crippen molar-refractivity contribution in [3.8, 4) is 5.69 Å². The Morgan fingerprint density at radius 3 is 2.87 bits per heavy atom. The first-order chi connectivity index (χ1) is 14.7. The smallest absolute Gasteiger partial charge is 0.291 e. The van der Waals surface area contributed by atoms with E-state index in [1.165, 1.54) is 11.1 Å². The van der Waals surface area contributed by atoms with E-state index in [2.05, 4.69) is 56.1 Å². The van der Waals surface area contributed by atoms with E-state index >= 15 is 0 Å². The summed E-state index contributed by atoms with van der Waals surface area (Å²) in [7, 11) is 0. The summed E-state index contributed by atoms with van der Waals surface area (Å²) in [6.45, 7) is 2.64. The minimum Gasteiger partial charge on any atom is -0.339 e. The van der Waals surface area contributed by atoms with Crippen molar-refractivity contribution in [1.29, 1.82) is 0 Å². The number of aromatic nitrogens is 5. The van der Waals surface area contributed by atoms with Crippen LogP contribution >= 0.6 is 0 Å². The van der Waals surface area contributed by atoms with Gasteiger partial charge in [-0.2, -0.15) is 0 Å². The molecule has 7 nitrogen and oxygen atoms in total. The van der Waals surface area contributed by atoms with Crippen molar-refractivity contribution >= 4 is 5.91 Å². The third kappa shape index (κ3) is 3.39. The second kappa shape index (κ2) is 7.59. The largest absolute Gasteiger partial charge is 0.339 e. The standard InChI is InChI=1S/C23H22N6O/c1-16-6-2-3-8-18(16)14-28-15-25-21(27-28)23(30)26-19-11-10-17-7-4-5-9-20(17)29-13-12-24-22(19)29/h2-9,12-13,15,19H,10-11,14H2,1H3,(H,26,30). The second-order valence-electron chi connectivity index (χ2n) is 7.54. The summed E-state index contributed by atoms with van der Waals surface area (Å²) in [4.78, 5) is 21.6. The van der Waals surface area contributed by atoms with Gasteiger partial charge >= 0.3 is 0 Å². The highest BCUT2D eigenvalue weighted by molar-refractivity contribution is 5.90. The summed E-state index contributed by atoms with van der Waals surface area (Å²) in [5, 5.41) is 7.47. The number of carbonyl (C=O) groups is 1. The minimum absolute atomic E-state index is 0.170. The molecule has 0 spiro atoms. The van der Waals surface area contributed by atoms with Gasteiger partial charge in [0.1, 0.15) is 12.2 Å². The van der Waals surface area contributed by atoms with Crippen LogP contribution in [0.3, 0.4) is 0 Å². The maximum absolute atomic E-state index is 12.9. The number of hydrogen-bond donors (Lipinski definition) is 1. The molecule has 0 bridgehead atoms. The molecule has 7 heteroatoms. The van der Waals surface area contributed by atoms with E-state index in [1.54, 1.807) is 17.2 Å². The van der Waals surface area contributed by atoms with Crippen molar-refractivity contribution in [3.63, 3.8) is 0 Å². The maximum Gasteiger partial charge on any atom is 0.291 e. The molecule has 0 saturated heterocycles. The van der Waals surface area contributed by atoms with Crippen LogP contribution in [0.15, 0.2) is 67.3 Å². The van der Waals surface area contributed by atoms with Crippen LogP contribution in [-0.4, -0.2) is 30.2 Å². The quantitative estimate of drug-likeness (QED) is 0.573. The van der Waals surface area contributed by atoms with E-state index in [-0.39, 0.29) is 17.8 Å². The lowest BCUT2D eigenvalue weighted by Gasteiger charge is -2.15. The summed E-state index contributed by atoms with van der Waals surface area (Å²) >= 11 is 0. The number of fused-ring (bicyclic) bond motifs is 3. The normalized spacial score (nSPS) is 15.2. The Hall–Kier alpha value is -3.74. The number of hydrogen-bond acceptors (Lipinski definition) is 4. The van der Waals surface area contributed by atoms with E-state index in [0.717, 1.165) is 29.9 Å². The molecule has 4 aromatic rings. The van der Waals surface area contributed by atoms with Gasteiger partial charge in [-0.05, 0) is 42.5 Å². The first-order valence-electron chi connectivity index (χ1n) is 10.1. The van der Waals surface area contributed by atoms with Gasteiger partial charge in [-0.1, -0.05) is 42.5 Å². The van der Waals surface area contributed by atoms with Gasteiger partial charge in [0, 0.05) is 18.1 Å². The molecular weight excluding hydrogens is 376 g/mol. The zero-order valence-corrected chi connectivity index (χ0v) is 16.7. The highest BCUT2D eigenvalue weighted by Gasteiger charge is 2.26. The van der Waals surface area contributed by atoms with Gasteiger partial charge in [-0.15, -0.1) is 5.10 Å². The van der Waals surface area contributed by atoms with Gasteiger partial charge in [-0.3, -0.25) is 4.79 Å². The van der Waals surface area contributed by atoms with Crippen molar-refractivity contribution < 1.29 is 4.79 Å². The Morgan fingerprint density at radius 1 is 1.13 bits per heavy atom. The number of rotatable bonds is 4. The lowest BCUT2D eigenvalue weighted by molar-refractivity contribution is 0.0922. The van der Waals surface area contributed by atoms with Crippen LogP contribution in [0.4, 0.5) is 0 Å². The number of benzene rings is 2. The molecule has 1 unspecified atom stereocenters. The summed E-state index contributed by atoms with van der Waals surface area (Å²) in [6, 6.07) is 16.2. The van der Waals surface area contributed by atoms with Crippen LogP contribution < -0.4 is 5.32 Å². The monoisotopic (exact) mass is 398 g/mol. The van der Waals surface area contributed by atoms with E-state index in [4.69, 9.17) is 0 Å². The molecule has 5 rings (SSSR count). The van der Waals surface area contributed by atoms with Crippen molar-refractivity contribution in [1.82, 2.24) is 29.6 Å². The lowest BCUT2D eigenvalue weighted by Crippen LogP contribution is -2.31. The van der Waals surface area contributed by atoms with Gasteiger partial charge in [-0.25, -0.2) is 14.6 Å². The predicted octanol–water partition coefficient (Wildman–Crippen LogP) is 3.24. The van der Waals surface area contributed by atoms with Crippen LogP contribution in [-0.2, 0) is 13.0 Å². The molecule has 0 radical (unpaired) electrons. The molecule has 1 atom stereocenters. The number of nitrogens with zero attached hydrogens (tertiary/aromatic N) is 5. The number of carbonyl (C=O) groups excluding carboxylic acids is 1. The van der Waals surface area contributed by atoms with Gasteiger partial charge in [0.25, 0.3) is 5.91 Å². The zero-order chi connectivity index (χ0) is 20.5. The fourth-order valence-electron chi connectivity index (χ4n) is 3.96. The van der Waals surface area contributed by atoms with E-state index in [9.17, 15) is 4.79 Å². The molecule has 2 aromatic carbocycles. The summed E-state index contributed by atoms with van der Waals surface area (Å²) in [6.07, 6.45) is 6.94. The van der Waals surface area contributed by atoms with Gasteiger partial charge in [0.2, 0.25) is 5.82 Å².